The third kappa shape index (κ3) is 3.99. The number of carbonyl (C=O) groups excluding carboxylic acids is 1. The summed E-state index contributed by atoms with van der Waals surface area (Å²) in [5.74, 6) is -0.0975. The Morgan fingerprint density at radius 1 is 1.29 bits per heavy atom. The quantitative estimate of drug-likeness (QED) is 0.253. The van der Waals surface area contributed by atoms with Crippen molar-refractivity contribution in [2.75, 3.05) is 12.3 Å². The van der Waals surface area contributed by atoms with Gasteiger partial charge in [0.15, 0.2) is 5.78 Å². The van der Waals surface area contributed by atoms with Crippen molar-refractivity contribution < 1.29 is 4.79 Å². The second-order valence-corrected chi connectivity index (χ2v) is 8.03. The highest BCUT2D eigenvalue weighted by Crippen LogP contribution is 2.33. The molecular weight excluding hydrogens is 406 g/mol. The monoisotopic (exact) mass is 427 g/mol. The Hall–Kier alpha value is -3.73. The highest BCUT2D eigenvalue weighted by atomic mass is 32.1. The zero-order valence-corrected chi connectivity index (χ0v) is 17.9. The first-order chi connectivity index (χ1) is 15.0. The van der Waals surface area contributed by atoms with E-state index >= 15 is 0 Å². The minimum Gasteiger partial charge on any atom is -0.398 e. The number of carbonyl (C=O) groups is 1. The molecule has 0 aliphatic rings. The zero-order chi connectivity index (χ0) is 22.0. The highest BCUT2D eigenvalue weighted by Gasteiger charge is 2.18. The Bertz CT molecular complexity index is 1330. The molecule has 3 aromatic heterocycles. The number of fused-ring (bicyclic) bond motifs is 1. The Balaban J connectivity index is 1.83. The van der Waals surface area contributed by atoms with Crippen LogP contribution in [0.2, 0.25) is 0 Å². The van der Waals surface area contributed by atoms with Crippen molar-refractivity contribution in [1.82, 2.24) is 14.9 Å². The van der Waals surface area contributed by atoms with Gasteiger partial charge in [-0.2, -0.15) is 21.7 Å². The number of nitrogens with zero attached hydrogens (tertiary/aromatic N) is 3. The van der Waals surface area contributed by atoms with Gasteiger partial charge in [-0.25, -0.2) is 4.52 Å². The molecule has 4 aromatic rings. The molecule has 6 nitrogen and oxygen atoms in total. The SMILES string of the molecule is C=C(C#N)CNCc1c(-c2ccn3ncc(-c4ccsc4)c3c2)ccc(N)c1C(C)=O. The van der Waals surface area contributed by atoms with Gasteiger partial charge in [0.2, 0.25) is 0 Å². The fourth-order valence-electron chi connectivity index (χ4n) is 3.70. The topological polar surface area (TPSA) is 96.2 Å². The van der Waals surface area contributed by atoms with E-state index < -0.39 is 0 Å². The van der Waals surface area contributed by atoms with Gasteiger partial charge in [-0.1, -0.05) is 12.6 Å². The number of anilines is 1. The lowest BCUT2D eigenvalue weighted by Gasteiger charge is -2.17. The molecule has 0 atom stereocenters. The van der Waals surface area contributed by atoms with E-state index in [4.69, 9.17) is 11.0 Å². The number of nitrogens with two attached hydrogens (primary N) is 1. The van der Waals surface area contributed by atoms with Gasteiger partial charge < -0.3 is 11.1 Å². The lowest BCUT2D eigenvalue weighted by atomic mass is 9.92. The summed E-state index contributed by atoms with van der Waals surface area (Å²) in [5.41, 5.74) is 13.4. The molecule has 0 amide bonds. The number of ketones is 1. The van der Waals surface area contributed by atoms with Crippen molar-refractivity contribution in [1.29, 1.82) is 5.26 Å². The average Bonchev–Trinajstić information content (AvgIpc) is 3.42. The molecule has 0 saturated heterocycles. The number of nitriles is 1. The number of pyridine rings is 1. The van der Waals surface area contributed by atoms with Crippen molar-refractivity contribution in [3.63, 3.8) is 0 Å². The van der Waals surface area contributed by atoms with Crippen LogP contribution in [0.15, 0.2) is 65.6 Å². The van der Waals surface area contributed by atoms with E-state index in [1.807, 2.05) is 40.5 Å². The number of nitrogen functional groups attached to an aromatic ring is 1. The van der Waals surface area contributed by atoms with Gasteiger partial charge >= 0.3 is 0 Å². The Kier molecular flexibility index (Phi) is 5.67. The third-order valence-corrected chi connectivity index (χ3v) is 5.84. The van der Waals surface area contributed by atoms with Crippen molar-refractivity contribution in [3.05, 3.63) is 76.8 Å². The fourth-order valence-corrected chi connectivity index (χ4v) is 4.36. The summed E-state index contributed by atoms with van der Waals surface area (Å²) in [4.78, 5) is 12.4. The molecule has 31 heavy (non-hydrogen) atoms. The second kappa shape index (κ2) is 8.56. The van der Waals surface area contributed by atoms with Gasteiger partial charge in [0.25, 0.3) is 0 Å². The summed E-state index contributed by atoms with van der Waals surface area (Å²) in [5, 5.41) is 20.8. The van der Waals surface area contributed by atoms with E-state index in [9.17, 15) is 4.79 Å². The van der Waals surface area contributed by atoms with E-state index in [0.717, 1.165) is 33.3 Å². The minimum absolute atomic E-state index is 0.0975. The molecule has 3 heterocycles. The smallest absolute Gasteiger partial charge is 0.162 e. The number of rotatable bonds is 7. The molecule has 0 radical (unpaired) electrons. The largest absolute Gasteiger partial charge is 0.398 e. The van der Waals surface area contributed by atoms with Crippen LogP contribution in [0, 0.1) is 11.3 Å². The first kappa shape index (κ1) is 20.5. The number of nitrogens with one attached hydrogen (secondary N) is 1. The van der Waals surface area contributed by atoms with Gasteiger partial charge in [-0.15, -0.1) is 0 Å². The van der Waals surface area contributed by atoms with Crippen molar-refractivity contribution >= 4 is 28.3 Å². The molecule has 0 aliphatic heterocycles. The normalized spacial score (nSPS) is 10.8. The Morgan fingerprint density at radius 3 is 2.84 bits per heavy atom. The van der Waals surface area contributed by atoms with Crippen LogP contribution < -0.4 is 11.1 Å². The van der Waals surface area contributed by atoms with E-state index in [0.29, 0.717) is 29.9 Å². The number of aromatic nitrogens is 2. The van der Waals surface area contributed by atoms with Crippen molar-refractivity contribution in [3.8, 4) is 28.3 Å². The van der Waals surface area contributed by atoms with Crippen LogP contribution in [0.25, 0.3) is 27.8 Å². The number of hydrogen-bond donors (Lipinski definition) is 2. The van der Waals surface area contributed by atoms with E-state index in [1.165, 1.54) is 6.92 Å². The minimum atomic E-state index is -0.0975. The number of hydrogen-bond acceptors (Lipinski definition) is 6. The number of thiophene rings is 1. The molecule has 1 aromatic carbocycles. The highest BCUT2D eigenvalue weighted by molar-refractivity contribution is 7.08. The molecule has 7 heteroatoms. The summed E-state index contributed by atoms with van der Waals surface area (Å²) >= 11 is 1.64. The van der Waals surface area contributed by atoms with Crippen LogP contribution in [0.4, 0.5) is 5.69 Å². The average molecular weight is 428 g/mol. The van der Waals surface area contributed by atoms with Crippen molar-refractivity contribution in [2.24, 2.45) is 0 Å². The van der Waals surface area contributed by atoms with Crippen LogP contribution in [-0.2, 0) is 6.54 Å². The van der Waals surface area contributed by atoms with Crippen LogP contribution in [0.1, 0.15) is 22.8 Å². The van der Waals surface area contributed by atoms with Gasteiger partial charge in [0, 0.05) is 41.7 Å². The van der Waals surface area contributed by atoms with Gasteiger partial charge in [-0.3, -0.25) is 4.79 Å². The molecular formula is C24H21N5OS. The van der Waals surface area contributed by atoms with E-state index in [1.54, 1.807) is 17.4 Å². The summed E-state index contributed by atoms with van der Waals surface area (Å²) in [6.07, 6.45) is 3.78. The molecule has 0 saturated carbocycles. The lowest BCUT2D eigenvalue weighted by molar-refractivity contribution is 0.101. The maximum Gasteiger partial charge on any atom is 0.162 e. The van der Waals surface area contributed by atoms with Gasteiger partial charge in [0.05, 0.1) is 17.8 Å². The van der Waals surface area contributed by atoms with E-state index in [-0.39, 0.29) is 5.78 Å². The van der Waals surface area contributed by atoms with E-state index in [2.05, 4.69) is 34.5 Å². The maximum atomic E-state index is 12.4. The Labute approximate surface area is 184 Å². The fraction of sp³-hybridized carbons (Fsp3) is 0.125. The molecule has 4 rings (SSSR count). The number of Topliss-reactive ketones (excluding diaryl/α,β-unsaturated/α-hetero) is 1. The summed E-state index contributed by atoms with van der Waals surface area (Å²) in [6.45, 7) is 5.94. The molecule has 154 valence electrons. The first-order valence-electron chi connectivity index (χ1n) is 9.70. The molecule has 3 N–H and O–H groups in total. The van der Waals surface area contributed by atoms with Gasteiger partial charge in [-0.05, 0) is 64.2 Å². The Morgan fingerprint density at radius 2 is 2.13 bits per heavy atom. The lowest BCUT2D eigenvalue weighted by Crippen LogP contribution is -2.19. The second-order valence-electron chi connectivity index (χ2n) is 7.25. The zero-order valence-electron chi connectivity index (χ0n) is 17.1. The molecule has 0 aliphatic carbocycles. The predicted octanol–water partition coefficient (Wildman–Crippen LogP) is 4.68. The van der Waals surface area contributed by atoms with Crippen LogP contribution in [-0.4, -0.2) is 21.9 Å². The van der Waals surface area contributed by atoms with Gasteiger partial charge in [0.1, 0.15) is 0 Å². The third-order valence-electron chi connectivity index (χ3n) is 5.16. The summed E-state index contributed by atoms with van der Waals surface area (Å²) in [7, 11) is 0. The summed E-state index contributed by atoms with van der Waals surface area (Å²) < 4.78 is 1.84. The first-order valence-corrected chi connectivity index (χ1v) is 10.6. The number of benzene rings is 1. The standard InChI is InChI=1S/C24H21N5OS/c1-15(10-25)11-27-12-21-19(3-4-22(26)24(21)16(2)30)17-5-7-29-23(9-17)20(13-28-29)18-6-8-31-14-18/h3-9,13-14,27H,1,11-12,26H2,2H3. The molecule has 0 unspecified atom stereocenters. The molecule has 0 spiro atoms. The molecule has 0 fully saturated rings. The van der Waals surface area contributed by atoms with Crippen LogP contribution in [0.5, 0.6) is 0 Å². The predicted molar refractivity (Wildman–Crippen MR) is 125 cm³/mol. The van der Waals surface area contributed by atoms with Crippen LogP contribution in [0.3, 0.4) is 0 Å². The van der Waals surface area contributed by atoms with Crippen LogP contribution >= 0.6 is 11.3 Å². The maximum absolute atomic E-state index is 12.4. The van der Waals surface area contributed by atoms with Crippen molar-refractivity contribution in [2.45, 2.75) is 13.5 Å². The molecule has 0 bridgehead atoms. The summed E-state index contributed by atoms with van der Waals surface area (Å²) in [6, 6.07) is 11.9.